The molecule has 0 amide bonds. The van der Waals surface area contributed by atoms with Crippen molar-refractivity contribution in [2.45, 2.75) is 31.6 Å². The van der Waals surface area contributed by atoms with E-state index in [0.29, 0.717) is 5.92 Å². The zero-order valence-electron chi connectivity index (χ0n) is 27.4. The Labute approximate surface area is 279 Å². The molecule has 0 saturated carbocycles. The van der Waals surface area contributed by atoms with E-state index < -0.39 is 0 Å². The monoisotopic (exact) mass is 618 g/mol. The first-order chi connectivity index (χ1) is 23.4. The Morgan fingerprint density at radius 2 is 1.15 bits per heavy atom. The van der Waals surface area contributed by atoms with Gasteiger partial charge in [-0.25, -0.2) is 0 Å². The van der Waals surface area contributed by atoms with E-state index in [0.717, 1.165) is 11.0 Å². The van der Waals surface area contributed by atoms with Crippen LogP contribution < -0.4 is 10.6 Å². The molecule has 0 bridgehead atoms. The summed E-state index contributed by atoms with van der Waals surface area (Å²) in [7, 11) is 0. The van der Waals surface area contributed by atoms with Gasteiger partial charge in [-0.1, -0.05) is 118 Å². The average molecular weight is 619 g/mol. The Morgan fingerprint density at radius 1 is 0.542 bits per heavy atom. The van der Waals surface area contributed by atoms with Crippen molar-refractivity contribution in [3.63, 3.8) is 0 Å². The molecule has 48 heavy (non-hydrogen) atoms. The van der Waals surface area contributed by atoms with Crippen molar-refractivity contribution in [2.24, 2.45) is 5.92 Å². The highest BCUT2D eigenvalue weighted by atomic mass is 16.3. The lowest BCUT2D eigenvalue weighted by Crippen LogP contribution is -2.41. The highest BCUT2D eigenvalue weighted by Gasteiger charge is 2.53. The fraction of sp³-hybridized carbons (Fsp3) is 0.130. The molecule has 2 aromatic heterocycles. The number of benzene rings is 6. The van der Waals surface area contributed by atoms with Crippen molar-refractivity contribution in [1.29, 1.82) is 0 Å². The number of aromatic nitrogens is 1. The average Bonchev–Trinajstić information content (AvgIpc) is 3.70. The van der Waals surface area contributed by atoms with Crippen LogP contribution >= 0.6 is 0 Å². The lowest BCUT2D eigenvalue weighted by molar-refractivity contribution is 0.353. The lowest BCUT2D eigenvalue weighted by atomic mass is 9.67. The smallest absolute Gasteiger partial charge is 0.268 e. The number of furan rings is 1. The van der Waals surface area contributed by atoms with Crippen LogP contribution in [0.3, 0.4) is 0 Å². The Bertz CT molecular complexity index is 2610. The van der Waals surface area contributed by atoms with Gasteiger partial charge in [0.1, 0.15) is 0 Å². The number of hydrogen-bond acceptors (Lipinski definition) is 0. The van der Waals surface area contributed by atoms with E-state index in [4.69, 9.17) is 4.42 Å². The maximum atomic E-state index is 5.11. The molecule has 230 valence electrons. The zero-order chi connectivity index (χ0) is 32.2. The Balaban J connectivity index is 1.22. The van der Waals surface area contributed by atoms with Crippen LogP contribution in [-0.4, -0.2) is 4.57 Å². The molecule has 2 unspecified atom stereocenters. The molecule has 0 fully saturated rings. The van der Waals surface area contributed by atoms with Gasteiger partial charge in [0.15, 0.2) is 0 Å². The van der Waals surface area contributed by atoms with E-state index in [-0.39, 0.29) is 10.8 Å². The van der Waals surface area contributed by atoms with Crippen molar-refractivity contribution in [2.75, 3.05) is 0 Å². The third-order valence-corrected chi connectivity index (χ3v) is 11.4. The van der Waals surface area contributed by atoms with Gasteiger partial charge in [-0.3, -0.25) is 0 Å². The predicted molar refractivity (Wildman–Crippen MR) is 201 cm³/mol. The van der Waals surface area contributed by atoms with Crippen molar-refractivity contribution in [3.05, 3.63) is 161 Å². The fourth-order valence-electron chi connectivity index (χ4n) is 9.10. The highest BCUT2D eigenvalue weighted by molar-refractivity contribution is 6.11. The molecule has 0 radical (unpaired) electrons. The molecular formula is C46H36NO+. The van der Waals surface area contributed by atoms with Crippen molar-refractivity contribution < 1.29 is 4.42 Å². The highest BCUT2D eigenvalue weighted by Crippen LogP contribution is 2.56. The summed E-state index contributed by atoms with van der Waals surface area (Å²) in [6.45, 7) is 7.27. The molecule has 2 aliphatic carbocycles. The van der Waals surface area contributed by atoms with E-state index in [9.17, 15) is 0 Å². The second kappa shape index (κ2) is 9.71. The van der Waals surface area contributed by atoms with Crippen LogP contribution in [0, 0.1) is 5.92 Å². The fourth-order valence-corrected chi connectivity index (χ4v) is 9.10. The normalized spacial score (nSPS) is 19.1. The van der Waals surface area contributed by atoms with Gasteiger partial charge in [0.2, 0.25) is 0 Å². The third kappa shape index (κ3) is 3.75. The first kappa shape index (κ1) is 27.5. The van der Waals surface area contributed by atoms with Gasteiger partial charge in [-0.2, -0.15) is 0 Å². The third-order valence-electron chi connectivity index (χ3n) is 11.4. The van der Waals surface area contributed by atoms with Gasteiger partial charge in [0, 0.05) is 39.9 Å². The summed E-state index contributed by atoms with van der Waals surface area (Å²) in [5.74, 6) is 0.329. The largest absolute Gasteiger partial charge is 0.546 e. The molecule has 0 aliphatic heterocycles. The van der Waals surface area contributed by atoms with Crippen LogP contribution in [0.4, 0.5) is 0 Å². The van der Waals surface area contributed by atoms with E-state index in [2.05, 4.69) is 177 Å². The molecule has 2 heteroatoms. The Hall–Kier alpha value is -5.60. The Morgan fingerprint density at radius 3 is 1.79 bits per heavy atom. The second-order valence-electron chi connectivity index (χ2n) is 14.5. The summed E-state index contributed by atoms with van der Waals surface area (Å²) in [5.41, 5.74) is 13.4. The van der Waals surface area contributed by atoms with Crippen molar-refractivity contribution in [3.8, 4) is 27.9 Å². The molecule has 2 atom stereocenters. The Kier molecular flexibility index (Phi) is 5.57. The SMILES string of the molecule is CC1(C)c2ccc(-n3c4ccc(-c5ccccc5)cc4c4cc(-c5ccccc5)ccc43)cc2C2(C)C=c3[oH+]c4ccccc4c3=CC12. The minimum Gasteiger partial charge on any atom is -0.546 e. The summed E-state index contributed by atoms with van der Waals surface area (Å²) in [4.78, 5) is 0. The molecule has 2 aliphatic rings. The van der Waals surface area contributed by atoms with Crippen molar-refractivity contribution >= 4 is 44.9 Å². The van der Waals surface area contributed by atoms with Crippen LogP contribution in [-0.2, 0) is 10.8 Å². The van der Waals surface area contributed by atoms with Gasteiger partial charge in [-0.15, -0.1) is 0 Å². The standard InChI is InChI=1S/C46H35NO/c1-45(2)38-21-20-33(26-39(38)46(3)28-43-37(27-44(45)46)34-16-10-11-17-42(34)48-43)47-40-22-18-31(29-12-6-4-7-13-29)24-35(40)36-25-32(19-23-41(36)47)30-14-8-5-9-15-30/h4-28,44H,1-3H3/p+1. The van der Waals surface area contributed by atoms with Crippen LogP contribution in [0.25, 0.3) is 72.9 Å². The molecule has 2 nitrogen and oxygen atoms in total. The molecule has 0 spiro atoms. The van der Waals surface area contributed by atoms with E-state index in [1.54, 1.807) is 0 Å². The zero-order valence-corrected chi connectivity index (χ0v) is 27.4. The number of rotatable bonds is 3. The number of fused-ring (bicyclic) bond motifs is 9. The molecule has 1 N–H and O–H groups in total. The van der Waals surface area contributed by atoms with Gasteiger partial charge < -0.3 is 8.98 Å². The first-order valence-corrected chi connectivity index (χ1v) is 17.0. The first-order valence-electron chi connectivity index (χ1n) is 17.0. The van der Waals surface area contributed by atoms with E-state index in [1.165, 1.54) is 71.5 Å². The van der Waals surface area contributed by atoms with Crippen LogP contribution in [0.1, 0.15) is 31.9 Å². The summed E-state index contributed by atoms with van der Waals surface area (Å²) in [6.07, 6.45) is 5.00. The minimum atomic E-state index is -0.168. The maximum absolute atomic E-state index is 5.11. The van der Waals surface area contributed by atoms with Crippen molar-refractivity contribution in [1.82, 2.24) is 4.57 Å². The van der Waals surface area contributed by atoms with Gasteiger partial charge >= 0.3 is 0 Å². The van der Waals surface area contributed by atoms with Crippen LogP contribution in [0.2, 0.25) is 0 Å². The molecular weight excluding hydrogens is 583 g/mol. The van der Waals surface area contributed by atoms with Crippen LogP contribution in [0.5, 0.6) is 0 Å². The number of hydrogen-bond donors (Lipinski definition) is 0. The van der Waals surface area contributed by atoms with E-state index >= 15 is 0 Å². The maximum Gasteiger partial charge on any atom is 0.268 e. The molecule has 10 rings (SSSR count). The quantitative estimate of drug-likeness (QED) is 0.175. The van der Waals surface area contributed by atoms with Gasteiger partial charge in [0.25, 0.3) is 11.0 Å². The molecule has 2 heterocycles. The summed E-state index contributed by atoms with van der Waals surface area (Å²) in [6, 6.07) is 51.2. The molecule has 8 aromatic rings. The van der Waals surface area contributed by atoms with Crippen LogP contribution in [0.15, 0.2) is 144 Å². The summed E-state index contributed by atoms with van der Waals surface area (Å²) < 4.78 is 7.59. The van der Waals surface area contributed by atoms with E-state index in [1.807, 2.05) is 0 Å². The number of para-hydroxylation sites is 1. The number of nitrogens with zero attached hydrogens (tertiary/aromatic N) is 1. The summed E-state index contributed by atoms with van der Waals surface area (Å²) >= 11 is 0. The summed E-state index contributed by atoms with van der Waals surface area (Å²) in [5, 5.41) is 5.08. The second-order valence-corrected chi connectivity index (χ2v) is 14.5. The topological polar surface area (TPSA) is 17.7 Å². The predicted octanol–water partition coefficient (Wildman–Crippen LogP) is 10.4. The lowest BCUT2D eigenvalue weighted by Gasteiger charge is -2.34. The molecule has 0 saturated heterocycles. The van der Waals surface area contributed by atoms with Gasteiger partial charge in [-0.05, 0) is 81.3 Å². The minimum absolute atomic E-state index is 0.0226. The van der Waals surface area contributed by atoms with Gasteiger partial charge in [0.05, 0.1) is 21.6 Å². The molecule has 6 aromatic carbocycles.